The summed E-state index contributed by atoms with van der Waals surface area (Å²) in [5, 5.41) is 12.3. The van der Waals surface area contributed by atoms with E-state index in [1.165, 1.54) is 17.5 Å². The summed E-state index contributed by atoms with van der Waals surface area (Å²) in [4.78, 5) is 24.2. The SMILES string of the molecule is C[C@@H]1[C@@H](C)C/C=C/[C@](O)(c2cncnc2)[C@@H]2CC[C@H]2CN2C[C@@]3(CCCc4cc(Cl)ccc43)COc3ccc(cc32)C(=O)NS1(=O)=O. The van der Waals surface area contributed by atoms with E-state index >= 15 is 0 Å². The molecule has 1 amide bonds. The molecule has 0 unspecified atom stereocenters. The lowest BCUT2D eigenvalue weighted by molar-refractivity contribution is -0.0504. The van der Waals surface area contributed by atoms with Crippen LogP contribution < -0.4 is 14.4 Å². The minimum Gasteiger partial charge on any atom is -0.490 e. The van der Waals surface area contributed by atoms with Crippen molar-refractivity contribution in [2.45, 2.75) is 68.6 Å². The van der Waals surface area contributed by atoms with Gasteiger partial charge in [0.15, 0.2) is 0 Å². The zero-order valence-corrected chi connectivity index (χ0v) is 28.3. The van der Waals surface area contributed by atoms with E-state index < -0.39 is 26.8 Å². The maximum Gasteiger partial charge on any atom is 0.264 e. The number of nitrogens with one attached hydrogen (secondary N) is 1. The van der Waals surface area contributed by atoms with Crippen LogP contribution in [0.1, 0.15) is 73.0 Å². The van der Waals surface area contributed by atoms with Crippen LogP contribution in [0.3, 0.4) is 0 Å². The maximum atomic E-state index is 13.5. The standard InChI is InChI=1S/C36H41ClN4O5S/c1-23-5-3-14-36(43,28-17-38-22-39-18-28)31-10-7-27(31)19-41-20-35(13-4-6-25-15-29(37)9-11-30(25)35)21-46-33-12-8-26(16-32(33)41)34(42)40-47(44,45)24(23)2/h3,8-9,11-12,14-18,22-24,27,31,43H,4-7,10,13,19-21H2,1-2H3,(H,40,42)/b14-3+/t23-,24+,27-,31+,35-,36-/m0/s1. The van der Waals surface area contributed by atoms with Crippen molar-refractivity contribution < 1.29 is 23.1 Å². The number of benzene rings is 2. The molecule has 9 nitrogen and oxygen atoms in total. The van der Waals surface area contributed by atoms with E-state index in [0.717, 1.165) is 37.8 Å². The van der Waals surface area contributed by atoms with Crippen LogP contribution in [0.5, 0.6) is 5.75 Å². The second-order valence-corrected chi connectivity index (χ2v) is 16.5. The number of fused-ring (bicyclic) bond motifs is 4. The van der Waals surface area contributed by atoms with Gasteiger partial charge in [0.25, 0.3) is 5.91 Å². The minimum atomic E-state index is -4.00. The molecule has 2 bridgehead atoms. The van der Waals surface area contributed by atoms with Crippen LogP contribution in [-0.2, 0) is 27.5 Å². The molecule has 1 fully saturated rings. The maximum absolute atomic E-state index is 13.5. The molecule has 7 rings (SSSR count). The Kier molecular flexibility index (Phi) is 8.33. The van der Waals surface area contributed by atoms with E-state index in [0.29, 0.717) is 42.5 Å². The van der Waals surface area contributed by atoms with Gasteiger partial charge in [0, 0.05) is 53.0 Å². The average molecular weight is 677 g/mol. The highest BCUT2D eigenvalue weighted by molar-refractivity contribution is 7.90. The molecule has 2 aliphatic heterocycles. The van der Waals surface area contributed by atoms with Gasteiger partial charge in [-0.05, 0) is 98.7 Å². The number of hydrogen-bond donors (Lipinski definition) is 2. The third kappa shape index (κ3) is 5.82. The molecule has 47 heavy (non-hydrogen) atoms. The first-order valence-corrected chi connectivity index (χ1v) is 18.4. The number of allylic oxidation sites excluding steroid dienone is 1. The van der Waals surface area contributed by atoms with Crippen molar-refractivity contribution in [1.29, 1.82) is 0 Å². The number of carbonyl (C=O) groups excluding carboxylic acids is 1. The summed E-state index contributed by atoms with van der Waals surface area (Å²) >= 11 is 6.43. The molecule has 0 saturated heterocycles. The van der Waals surface area contributed by atoms with E-state index in [1.54, 1.807) is 37.5 Å². The minimum absolute atomic E-state index is 0.114. The highest BCUT2D eigenvalue weighted by Gasteiger charge is 2.49. The molecular formula is C36H41ClN4O5S. The molecule has 1 aromatic heterocycles. The van der Waals surface area contributed by atoms with E-state index in [9.17, 15) is 18.3 Å². The number of ether oxygens (including phenoxy) is 1. The van der Waals surface area contributed by atoms with Crippen molar-refractivity contribution >= 4 is 33.2 Å². The largest absolute Gasteiger partial charge is 0.490 e. The van der Waals surface area contributed by atoms with E-state index in [2.05, 4.69) is 31.7 Å². The number of carbonyl (C=O) groups is 1. The normalized spacial score (nSPS) is 32.5. The number of aromatic nitrogens is 2. The molecule has 1 spiro atoms. The lowest BCUT2D eigenvalue weighted by Gasteiger charge is -2.49. The predicted molar refractivity (Wildman–Crippen MR) is 181 cm³/mol. The summed E-state index contributed by atoms with van der Waals surface area (Å²) in [6.45, 7) is 5.16. The van der Waals surface area contributed by atoms with Crippen LogP contribution in [0.15, 0.2) is 67.3 Å². The zero-order valence-electron chi connectivity index (χ0n) is 26.7. The Labute approximate surface area is 281 Å². The summed E-state index contributed by atoms with van der Waals surface area (Å²) in [5.41, 5.74) is 2.41. The summed E-state index contributed by atoms with van der Waals surface area (Å²) in [7, 11) is -4.00. The molecule has 3 heterocycles. The third-order valence-corrected chi connectivity index (χ3v) is 13.3. The van der Waals surface area contributed by atoms with Gasteiger partial charge in [-0.25, -0.2) is 23.1 Å². The third-order valence-electron chi connectivity index (χ3n) is 11.2. The van der Waals surface area contributed by atoms with Crippen LogP contribution in [-0.4, -0.2) is 54.3 Å². The number of anilines is 1. The zero-order chi connectivity index (χ0) is 33.0. The van der Waals surface area contributed by atoms with Gasteiger partial charge in [-0.1, -0.05) is 36.7 Å². The van der Waals surface area contributed by atoms with Crippen molar-refractivity contribution in [3.05, 3.63) is 94.5 Å². The molecule has 1 saturated carbocycles. The Bertz CT molecular complexity index is 1820. The number of sulfonamides is 1. The first-order chi connectivity index (χ1) is 22.5. The number of aliphatic hydroxyl groups is 1. The average Bonchev–Trinajstić information content (AvgIpc) is 3.19. The number of aryl methyl sites for hydroxylation is 1. The monoisotopic (exact) mass is 676 g/mol. The first kappa shape index (κ1) is 32.1. The molecule has 6 atom stereocenters. The Morgan fingerprint density at radius 1 is 1.11 bits per heavy atom. The molecule has 11 heteroatoms. The van der Waals surface area contributed by atoms with Crippen LogP contribution in [0.25, 0.3) is 0 Å². The van der Waals surface area contributed by atoms with Crippen LogP contribution in [0, 0.1) is 17.8 Å². The highest BCUT2D eigenvalue weighted by atomic mass is 35.5. The van der Waals surface area contributed by atoms with Crippen LogP contribution >= 0.6 is 11.6 Å². The van der Waals surface area contributed by atoms with E-state index in [4.69, 9.17) is 16.3 Å². The lowest BCUT2D eigenvalue weighted by atomic mass is 9.62. The van der Waals surface area contributed by atoms with Crippen LogP contribution in [0.2, 0.25) is 5.02 Å². The molecule has 3 aromatic rings. The Morgan fingerprint density at radius 2 is 1.91 bits per heavy atom. The van der Waals surface area contributed by atoms with E-state index in [1.807, 2.05) is 25.1 Å². The van der Waals surface area contributed by atoms with Crippen LogP contribution in [0.4, 0.5) is 5.69 Å². The lowest BCUT2D eigenvalue weighted by Crippen LogP contribution is -2.51. The molecule has 248 valence electrons. The molecule has 2 aromatic carbocycles. The molecule has 4 aliphatic rings. The molecule has 0 radical (unpaired) electrons. The summed E-state index contributed by atoms with van der Waals surface area (Å²) in [6.07, 6.45) is 13.5. The van der Waals surface area contributed by atoms with Gasteiger partial charge >= 0.3 is 0 Å². The molecule has 2 N–H and O–H groups in total. The smallest absolute Gasteiger partial charge is 0.264 e. The quantitative estimate of drug-likeness (QED) is 0.322. The predicted octanol–water partition coefficient (Wildman–Crippen LogP) is 5.56. The Morgan fingerprint density at radius 3 is 2.68 bits per heavy atom. The van der Waals surface area contributed by atoms with Crippen molar-refractivity contribution in [1.82, 2.24) is 14.7 Å². The highest BCUT2D eigenvalue weighted by Crippen LogP contribution is 2.50. The Balaban J connectivity index is 1.35. The molecule has 2 aliphatic carbocycles. The Hall–Kier alpha value is -3.47. The summed E-state index contributed by atoms with van der Waals surface area (Å²) in [6, 6.07) is 11.3. The topological polar surface area (TPSA) is 122 Å². The number of rotatable bonds is 1. The van der Waals surface area contributed by atoms with E-state index in [-0.39, 0.29) is 28.7 Å². The fourth-order valence-corrected chi connectivity index (χ4v) is 9.57. The number of hydrogen-bond acceptors (Lipinski definition) is 8. The first-order valence-electron chi connectivity index (χ1n) is 16.5. The fourth-order valence-electron chi connectivity index (χ4n) is 8.09. The van der Waals surface area contributed by atoms with Gasteiger partial charge in [0.05, 0.1) is 17.5 Å². The van der Waals surface area contributed by atoms with Crippen molar-refractivity contribution in [2.24, 2.45) is 17.8 Å². The summed E-state index contributed by atoms with van der Waals surface area (Å²) in [5.74, 6) is -0.345. The number of nitrogens with zero attached hydrogens (tertiary/aromatic N) is 3. The van der Waals surface area contributed by atoms with Crippen molar-refractivity contribution in [3.8, 4) is 5.75 Å². The van der Waals surface area contributed by atoms with Gasteiger partial charge in [0.1, 0.15) is 17.7 Å². The van der Waals surface area contributed by atoms with Gasteiger partial charge < -0.3 is 14.7 Å². The summed E-state index contributed by atoms with van der Waals surface area (Å²) < 4.78 is 35.7. The second-order valence-electron chi connectivity index (χ2n) is 14.0. The number of amides is 1. The second kappa shape index (κ2) is 12.2. The number of halogens is 1. The fraction of sp³-hybridized carbons (Fsp3) is 0.472. The van der Waals surface area contributed by atoms with Gasteiger partial charge in [0.2, 0.25) is 10.0 Å². The van der Waals surface area contributed by atoms with Crippen molar-refractivity contribution in [3.63, 3.8) is 0 Å². The van der Waals surface area contributed by atoms with Gasteiger partial charge in [-0.2, -0.15) is 0 Å². The van der Waals surface area contributed by atoms with Gasteiger partial charge in [-0.15, -0.1) is 0 Å². The van der Waals surface area contributed by atoms with Gasteiger partial charge in [-0.3, -0.25) is 4.79 Å². The molecular weight excluding hydrogens is 636 g/mol. The van der Waals surface area contributed by atoms with Crippen molar-refractivity contribution in [2.75, 3.05) is 24.6 Å².